The second-order valence-corrected chi connectivity index (χ2v) is 8.93. The van der Waals surface area contributed by atoms with Gasteiger partial charge in [0.25, 0.3) is 5.91 Å². The average Bonchev–Trinajstić information content (AvgIpc) is 2.72. The Bertz CT molecular complexity index is 1030. The van der Waals surface area contributed by atoms with Gasteiger partial charge in [-0.05, 0) is 42.8 Å². The lowest BCUT2D eigenvalue weighted by atomic mass is 10.2. The number of nitrogens with zero attached hydrogens (tertiary/aromatic N) is 1. The molecule has 0 saturated heterocycles. The molecule has 0 aromatic heterocycles. The molecule has 168 valence electrons. The van der Waals surface area contributed by atoms with Crippen molar-refractivity contribution in [3.63, 3.8) is 0 Å². The lowest BCUT2D eigenvalue weighted by Crippen LogP contribution is -2.28. The summed E-state index contributed by atoms with van der Waals surface area (Å²) in [4.78, 5) is 24.1. The first-order valence-corrected chi connectivity index (χ1v) is 11.2. The first-order chi connectivity index (χ1) is 14.6. The molecule has 2 aromatic rings. The standard InChI is InChI=1S/C21H25F2N3O4S/c1-3-4-13-26(2)31(29,30)17-8-6-16(7-9-17)25-20(27)11-12-24-21(28)18-10-5-15(22)14-19(18)23/h5-10,14H,3-4,11-13H2,1-2H3,(H,24,28)(H,25,27). The second kappa shape index (κ2) is 11.0. The molecule has 0 spiro atoms. The van der Waals surface area contributed by atoms with Crippen LogP contribution in [-0.4, -0.2) is 44.7 Å². The van der Waals surface area contributed by atoms with Gasteiger partial charge >= 0.3 is 0 Å². The average molecular weight is 454 g/mol. The number of hydrogen-bond acceptors (Lipinski definition) is 4. The van der Waals surface area contributed by atoms with Gasteiger partial charge in [0.15, 0.2) is 0 Å². The van der Waals surface area contributed by atoms with Crippen molar-refractivity contribution >= 4 is 27.5 Å². The Morgan fingerprint density at radius 2 is 1.74 bits per heavy atom. The molecule has 2 amide bonds. The highest BCUT2D eigenvalue weighted by Crippen LogP contribution is 2.18. The maximum absolute atomic E-state index is 13.6. The summed E-state index contributed by atoms with van der Waals surface area (Å²) in [5.41, 5.74) is 0.0820. The highest BCUT2D eigenvalue weighted by Gasteiger charge is 2.20. The van der Waals surface area contributed by atoms with Gasteiger partial charge in [-0.15, -0.1) is 0 Å². The maximum atomic E-state index is 13.6. The molecule has 10 heteroatoms. The highest BCUT2D eigenvalue weighted by molar-refractivity contribution is 7.89. The zero-order chi connectivity index (χ0) is 23.0. The molecule has 0 aliphatic carbocycles. The Balaban J connectivity index is 1.86. The Hall–Kier alpha value is -2.85. The molecule has 2 aromatic carbocycles. The van der Waals surface area contributed by atoms with Crippen LogP contribution < -0.4 is 10.6 Å². The normalized spacial score (nSPS) is 11.4. The SMILES string of the molecule is CCCCN(C)S(=O)(=O)c1ccc(NC(=O)CCNC(=O)c2ccc(F)cc2F)cc1. The van der Waals surface area contributed by atoms with Crippen LogP contribution in [0.1, 0.15) is 36.5 Å². The summed E-state index contributed by atoms with van der Waals surface area (Å²) in [5, 5.41) is 4.98. The van der Waals surface area contributed by atoms with Gasteiger partial charge in [-0.2, -0.15) is 0 Å². The summed E-state index contributed by atoms with van der Waals surface area (Å²) in [6.45, 7) is 2.34. The van der Waals surface area contributed by atoms with Gasteiger partial charge in [0.2, 0.25) is 15.9 Å². The molecule has 31 heavy (non-hydrogen) atoms. The van der Waals surface area contributed by atoms with Gasteiger partial charge in [-0.1, -0.05) is 13.3 Å². The van der Waals surface area contributed by atoms with Crippen LogP contribution in [0.2, 0.25) is 0 Å². The minimum atomic E-state index is -3.59. The number of carbonyl (C=O) groups excluding carboxylic acids is 2. The van der Waals surface area contributed by atoms with Gasteiger partial charge in [-0.25, -0.2) is 21.5 Å². The van der Waals surface area contributed by atoms with E-state index in [2.05, 4.69) is 10.6 Å². The molecule has 0 aliphatic heterocycles. The summed E-state index contributed by atoms with van der Waals surface area (Å²) in [6.07, 6.45) is 1.55. The van der Waals surface area contributed by atoms with E-state index >= 15 is 0 Å². The molecular formula is C21H25F2N3O4S. The van der Waals surface area contributed by atoms with Crippen molar-refractivity contribution < 1.29 is 26.8 Å². The number of sulfonamides is 1. The Morgan fingerprint density at radius 1 is 1.06 bits per heavy atom. The minimum absolute atomic E-state index is 0.0594. The van der Waals surface area contributed by atoms with Crippen LogP contribution >= 0.6 is 0 Å². The van der Waals surface area contributed by atoms with E-state index in [4.69, 9.17) is 0 Å². The fraction of sp³-hybridized carbons (Fsp3) is 0.333. The zero-order valence-electron chi connectivity index (χ0n) is 17.3. The monoisotopic (exact) mass is 453 g/mol. The predicted octanol–water partition coefficient (Wildman–Crippen LogP) is 3.14. The fourth-order valence-corrected chi connectivity index (χ4v) is 3.88. The van der Waals surface area contributed by atoms with E-state index in [1.54, 1.807) is 0 Å². The van der Waals surface area contributed by atoms with Crippen LogP contribution in [0.25, 0.3) is 0 Å². The third kappa shape index (κ3) is 6.83. The van der Waals surface area contributed by atoms with Crippen LogP contribution in [-0.2, 0) is 14.8 Å². The van der Waals surface area contributed by atoms with Crippen molar-refractivity contribution in [3.05, 3.63) is 59.7 Å². The van der Waals surface area contributed by atoms with Crippen LogP contribution in [0.5, 0.6) is 0 Å². The van der Waals surface area contributed by atoms with Gasteiger partial charge in [0.1, 0.15) is 11.6 Å². The first kappa shape index (κ1) is 24.4. The van der Waals surface area contributed by atoms with Crippen LogP contribution in [0.3, 0.4) is 0 Å². The fourth-order valence-electron chi connectivity index (χ4n) is 2.67. The van der Waals surface area contributed by atoms with E-state index in [0.717, 1.165) is 25.0 Å². The highest BCUT2D eigenvalue weighted by atomic mass is 32.2. The third-order valence-electron chi connectivity index (χ3n) is 4.49. The van der Waals surface area contributed by atoms with E-state index in [1.807, 2.05) is 6.92 Å². The molecule has 0 bridgehead atoms. The van der Waals surface area contributed by atoms with Gasteiger partial charge < -0.3 is 10.6 Å². The molecule has 2 rings (SSSR count). The quantitative estimate of drug-likeness (QED) is 0.578. The largest absolute Gasteiger partial charge is 0.351 e. The smallest absolute Gasteiger partial charge is 0.254 e. The topological polar surface area (TPSA) is 95.6 Å². The van der Waals surface area contributed by atoms with Crippen molar-refractivity contribution in [2.24, 2.45) is 0 Å². The molecule has 2 N–H and O–H groups in total. The number of carbonyl (C=O) groups is 2. The summed E-state index contributed by atoms with van der Waals surface area (Å²) < 4.78 is 52.7. The zero-order valence-corrected chi connectivity index (χ0v) is 18.1. The summed E-state index contributed by atoms with van der Waals surface area (Å²) in [5.74, 6) is -2.96. The van der Waals surface area contributed by atoms with E-state index in [-0.39, 0.29) is 23.4 Å². The van der Waals surface area contributed by atoms with E-state index < -0.39 is 33.5 Å². The van der Waals surface area contributed by atoms with Crippen LogP contribution in [0.4, 0.5) is 14.5 Å². The molecule has 0 unspecified atom stereocenters. The number of hydrogen-bond donors (Lipinski definition) is 2. The number of benzene rings is 2. The Labute approximate surface area is 180 Å². The molecule has 7 nitrogen and oxygen atoms in total. The predicted molar refractivity (Wildman–Crippen MR) is 113 cm³/mol. The summed E-state index contributed by atoms with van der Waals surface area (Å²) >= 11 is 0. The molecule has 0 aliphatic rings. The van der Waals surface area contributed by atoms with Crippen molar-refractivity contribution in [1.29, 1.82) is 0 Å². The molecule has 0 radical (unpaired) electrons. The van der Waals surface area contributed by atoms with Crippen molar-refractivity contribution in [2.75, 3.05) is 25.5 Å². The number of unbranched alkanes of at least 4 members (excludes halogenated alkanes) is 1. The van der Waals surface area contributed by atoms with E-state index in [9.17, 15) is 26.8 Å². The third-order valence-corrected chi connectivity index (χ3v) is 6.36. The van der Waals surface area contributed by atoms with Crippen molar-refractivity contribution in [1.82, 2.24) is 9.62 Å². The van der Waals surface area contributed by atoms with E-state index in [0.29, 0.717) is 18.3 Å². The Morgan fingerprint density at radius 3 is 2.35 bits per heavy atom. The Kier molecular flexibility index (Phi) is 8.64. The number of amides is 2. The number of nitrogens with one attached hydrogen (secondary N) is 2. The lowest BCUT2D eigenvalue weighted by Gasteiger charge is -2.17. The maximum Gasteiger partial charge on any atom is 0.254 e. The second-order valence-electron chi connectivity index (χ2n) is 6.88. The number of halogens is 2. The summed E-state index contributed by atoms with van der Waals surface area (Å²) in [7, 11) is -2.07. The van der Waals surface area contributed by atoms with Crippen LogP contribution in [0.15, 0.2) is 47.4 Å². The molecule has 0 atom stereocenters. The van der Waals surface area contributed by atoms with Crippen molar-refractivity contribution in [2.45, 2.75) is 31.1 Å². The molecular weight excluding hydrogens is 428 g/mol. The van der Waals surface area contributed by atoms with Gasteiger partial charge in [0.05, 0.1) is 10.5 Å². The molecule has 0 heterocycles. The molecule has 0 fully saturated rings. The van der Waals surface area contributed by atoms with E-state index in [1.165, 1.54) is 35.6 Å². The number of anilines is 1. The number of rotatable bonds is 10. The minimum Gasteiger partial charge on any atom is -0.351 e. The molecule has 0 saturated carbocycles. The first-order valence-electron chi connectivity index (χ1n) is 9.74. The van der Waals surface area contributed by atoms with Crippen LogP contribution in [0, 0.1) is 11.6 Å². The van der Waals surface area contributed by atoms with Gasteiger partial charge in [0, 0.05) is 38.3 Å². The van der Waals surface area contributed by atoms with Crippen molar-refractivity contribution in [3.8, 4) is 0 Å². The van der Waals surface area contributed by atoms with Gasteiger partial charge in [-0.3, -0.25) is 9.59 Å². The summed E-state index contributed by atoms with van der Waals surface area (Å²) in [6, 6.07) is 8.37. The lowest BCUT2D eigenvalue weighted by molar-refractivity contribution is -0.116.